The predicted molar refractivity (Wildman–Crippen MR) is 134 cm³/mol. The van der Waals surface area contributed by atoms with Gasteiger partial charge in [0.05, 0.1) is 17.3 Å². The molecule has 0 fully saturated rings. The third-order valence-electron chi connectivity index (χ3n) is 5.93. The molecule has 6 nitrogen and oxygen atoms in total. The van der Waals surface area contributed by atoms with Crippen LogP contribution in [-0.2, 0) is 13.0 Å². The molecule has 0 aliphatic carbocycles. The molecule has 0 atom stereocenters. The van der Waals surface area contributed by atoms with Crippen LogP contribution in [0.25, 0.3) is 31.8 Å². The summed E-state index contributed by atoms with van der Waals surface area (Å²) in [6.45, 7) is 1.86. The molecule has 6 rings (SSSR count). The number of aromatic nitrogens is 1. The minimum atomic E-state index is -0.275. The van der Waals surface area contributed by atoms with Gasteiger partial charge in [-0.15, -0.1) is 22.7 Å². The zero-order valence-corrected chi connectivity index (χ0v) is 19.8. The van der Waals surface area contributed by atoms with Crippen molar-refractivity contribution >= 4 is 54.8 Å². The van der Waals surface area contributed by atoms with Crippen LogP contribution in [0.3, 0.4) is 0 Å². The van der Waals surface area contributed by atoms with Crippen molar-refractivity contribution in [3.8, 4) is 16.3 Å². The monoisotopic (exact) mass is 475 g/mol. The highest BCUT2D eigenvalue weighted by Crippen LogP contribution is 2.45. The van der Waals surface area contributed by atoms with Crippen molar-refractivity contribution < 1.29 is 13.9 Å². The second-order valence-corrected chi connectivity index (χ2v) is 10.3. The minimum absolute atomic E-state index is 0.258. The van der Waals surface area contributed by atoms with E-state index in [9.17, 15) is 4.79 Å². The Labute approximate surface area is 198 Å². The lowest BCUT2D eigenvalue weighted by molar-refractivity contribution is 0.0999. The van der Waals surface area contributed by atoms with Gasteiger partial charge in [0.2, 0.25) is 0 Å². The van der Waals surface area contributed by atoms with Gasteiger partial charge in [-0.25, -0.2) is 4.98 Å². The van der Waals surface area contributed by atoms with Crippen molar-refractivity contribution in [1.29, 1.82) is 0 Å². The van der Waals surface area contributed by atoms with Crippen LogP contribution in [0.4, 0.5) is 5.00 Å². The molecule has 4 heterocycles. The highest BCUT2D eigenvalue weighted by Gasteiger charge is 2.27. The van der Waals surface area contributed by atoms with Gasteiger partial charge >= 0.3 is 0 Å². The van der Waals surface area contributed by atoms with Gasteiger partial charge in [0.15, 0.2) is 17.1 Å². The zero-order chi connectivity index (χ0) is 22.5. The van der Waals surface area contributed by atoms with Crippen LogP contribution in [0.2, 0.25) is 0 Å². The van der Waals surface area contributed by atoms with Crippen LogP contribution in [0.5, 0.6) is 5.75 Å². The molecule has 1 aliphatic rings. The van der Waals surface area contributed by atoms with Crippen LogP contribution >= 0.6 is 22.7 Å². The average molecular weight is 476 g/mol. The maximum absolute atomic E-state index is 13.2. The number of nitrogens with zero attached hydrogens (tertiary/aromatic N) is 2. The summed E-state index contributed by atoms with van der Waals surface area (Å²) in [5.74, 6) is 0.590. The van der Waals surface area contributed by atoms with Crippen LogP contribution in [0.1, 0.15) is 21.0 Å². The highest BCUT2D eigenvalue weighted by atomic mass is 32.1. The predicted octanol–water partition coefficient (Wildman–Crippen LogP) is 6.02. The Kier molecular flexibility index (Phi) is 4.94. The summed E-state index contributed by atoms with van der Waals surface area (Å²) >= 11 is 3.30. The number of carbonyl (C=O) groups excluding carboxylic acids is 1. The van der Waals surface area contributed by atoms with Gasteiger partial charge in [0.1, 0.15) is 10.0 Å². The summed E-state index contributed by atoms with van der Waals surface area (Å²) in [4.78, 5) is 21.7. The van der Waals surface area contributed by atoms with E-state index in [0.29, 0.717) is 11.3 Å². The Morgan fingerprint density at radius 1 is 1.18 bits per heavy atom. The Bertz CT molecular complexity index is 1480. The lowest BCUT2D eigenvalue weighted by atomic mass is 10.0. The number of thiazole rings is 1. The van der Waals surface area contributed by atoms with E-state index >= 15 is 0 Å². The molecule has 8 heteroatoms. The minimum Gasteiger partial charge on any atom is -0.493 e. The number of fused-ring (bicyclic) bond motifs is 3. The highest BCUT2D eigenvalue weighted by molar-refractivity contribution is 7.23. The summed E-state index contributed by atoms with van der Waals surface area (Å²) in [5.41, 5.74) is 3.89. The van der Waals surface area contributed by atoms with E-state index in [0.717, 1.165) is 50.7 Å². The number of carbonyl (C=O) groups is 1. The van der Waals surface area contributed by atoms with Crippen molar-refractivity contribution in [1.82, 2.24) is 9.88 Å². The number of methoxy groups -OCH3 is 1. The first-order chi connectivity index (χ1) is 16.1. The maximum atomic E-state index is 13.2. The van der Waals surface area contributed by atoms with Crippen LogP contribution in [0, 0.1) is 0 Å². The lowest BCUT2D eigenvalue weighted by Gasteiger charge is -2.22. The van der Waals surface area contributed by atoms with Crippen molar-refractivity contribution in [2.45, 2.75) is 13.0 Å². The molecule has 0 spiro atoms. The summed E-state index contributed by atoms with van der Waals surface area (Å²) < 4.78 is 12.4. The van der Waals surface area contributed by atoms with Gasteiger partial charge in [-0.2, -0.15) is 0 Å². The molecule has 1 N–H and O–H groups in total. The zero-order valence-electron chi connectivity index (χ0n) is 18.2. The molecule has 5 aromatic rings. The van der Waals surface area contributed by atoms with Crippen LogP contribution < -0.4 is 10.1 Å². The summed E-state index contributed by atoms with van der Waals surface area (Å²) in [6, 6.07) is 15.5. The number of anilines is 1. The van der Waals surface area contributed by atoms with Crippen molar-refractivity contribution in [2.75, 3.05) is 26.0 Å². The molecule has 0 radical (unpaired) electrons. The van der Waals surface area contributed by atoms with E-state index in [1.54, 1.807) is 35.8 Å². The van der Waals surface area contributed by atoms with Gasteiger partial charge in [0.25, 0.3) is 5.91 Å². The van der Waals surface area contributed by atoms with E-state index in [-0.39, 0.29) is 11.7 Å². The third-order valence-corrected chi connectivity index (χ3v) is 8.12. The van der Waals surface area contributed by atoms with Crippen LogP contribution in [-0.4, -0.2) is 36.5 Å². The third kappa shape index (κ3) is 3.51. The second-order valence-electron chi connectivity index (χ2n) is 8.13. The molecule has 1 aliphatic heterocycles. The Morgan fingerprint density at radius 2 is 2.06 bits per heavy atom. The number of furan rings is 1. The molecule has 0 saturated heterocycles. The van der Waals surface area contributed by atoms with E-state index in [4.69, 9.17) is 14.1 Å². The fourth-order valence-electron chi connectivity index (χ4n) is 4.30. The van der Waals surface area contributed by atoms with Crippen molar-refractivity contribution in [3.63, 3.8) is 0 Å². The number of nitrogens with one attached hydrogen (secondary N) is 1. The summed E-state index contributed by atoms with van der Waals surface area (Å²) in [5, 5.41) is 5.73. The second kappa shape index (κ2) is 7.98. The molecule has 0 saturated carbocycles. The first-order valence-electron chi connectivity index (χ1n) is 10.7. The standard InChI is InChI=1S/C25H21N3O3S2/c1-28-11-10-15-20(13-28)33-25(21(15)24-26-16-7-3-4-9-19(16)32-24)27-23(29)18-12-14-6-5-8-17(30-2)22(14)31-18/h3-9,12H,10-11,13H2,1-2H3,(H,27,29). The number of likely N-dealkylation sites (N-methyl/N-ethyl adjacent to an activating group) is 1. The smallest absolute Gasteiger partial charge is 0.292 e. The molecular formula is C25H21N3O3S2. The molecular weight excluding hydrogens is 454 g/mol. The first-order valence-corrected chi connectivity index (χ1v) is 12.3. The topological polar surface area (TPSA) is 67.6 Å². The fourth-order valence-corrected chi connectivity index (χ4v) is 6.73. The summed E-state index contributed by atoms with van der Waals surface area (Å²) in [7, 11) is 3.72. The number of hydrogen-bond donors (Lipinski definition) is 1. The number of hydrogen-bond acceptors (Lipinski definition) is 7. The maximum Gasteiger partial charge on any atom is 0.292 e. The Hall–Kier alpha value is -3.20. The molecule has 3 aromatic heterocycles. The number of para-hydroxylation sites is 2. The molecule has 1 amide bonds. The first kappa shape index (κ1) is 20.4. The normalized spacial score (nSPS) is 14.0. The van der Waals surface area contributed by atoms with Gasteiger partial charge in [0, 0.05) is 28.9 Å². The number of amides is 1. The van der Waals surface area contributed by atoms with E-state index in [2.05, 4.69) is 23.3 Å². The largest absolute Gasteiger partial charge is 0.493 e. The summed E-state index contributed by atoms with van der Waals surface area (Å²) in [6.07, 6.45) is 0.936. The SMILES string of the molecule is COc1cccc2cc(C(=O)Nc3sc4c(c3-c3nc5ccccc5s3)CCN(C)C4)oc12. The van der Waals surface area contributed by atoms with Crippen LogP contribution in [0.15, 0.2) is 52.9 Å². The van der Waals surface area contributed by atoms with E-state index in [1.807, 2.05) is 36.4 Å². The molecule has 2 aromatic carbocycles. The number of rotatable bonds is 4. The molecule has 166 valence electrons. The fraction of sp³-hybridized carbons (Fsp3) is 0.200. The average Bonchev–Trinajstić information content (AvgIpc) is 3.52. The van der Waals surface area contributed by atoms with Crippen molar-refractivity contribution in [2.24, 2.45) is 0 Å². The molecule has 0 bridgehead atoms. The van der Waals surface area contributed by atoms with Gasteiger partial charge < -0.3 is 19.4 Å². The van der Waals surface area contributed by atoms with Gasteiger partial charge in [-0.1, -0.05) is 24.3 Å². The Balaban J connectivity index is 1.42. The molecule has 0 unspecified atom stereocenters. The van der Waals surface area contributed by atoms with E-state index < -0.39 is 0 Å². The van der Waals surface area contributed by atoms with Gasteiger partial charge in [-0.05, 0) is 43.3 Å². The van der Waals surface area contributed by atoms with Crippen molar-refractivity contribution in [3.05, 3.63) is 64.7 Å². The number of benzene rings is 2. The quantitative estimate of drug-likeness (QED) is 0.344. The Morgan fingerprint density at radius 3 is 2.91 bits per heavy atom. The molecule has 33 heavy (non-hydrogen) atoms. The number of thiophene rings is 1. The lowest BCUT2D eigenvalue weighted by Crippen LogP contribution is -2.25. The number of ether oxygens (including phenoxy) is 1. The van der Waals surface area contributed by atoms with E-state index in [1.165, 1.54) is 10.4 Å². The van der Waals surface area contributed by atoms with Gasteiger partial charge in [-0.3, -0.25) is 4.79 Å².